The minimum atomic E-state index is -4.54. The number of anilines is 1. The first-order valence-corrected chi connectivity index (χ1v) is 9.82. The zero-order valence-electron chi connectivity index (χ0n) is 16.6. The standard InChI is InChI=1S/C19H16ClF3N6O3/c1-11-8-14(32-26-11)17(30)28-6-4-27(5-7-28)13-10-25-29(18(31)16(13)20)15-3-2-12(9-24-15)19(21,22)23/h2-3,8-10H,4-7H2,1H3. The molecule has 0 aliphatic carbocycles. The molecule has 0 bridgehead atoms. The molecule has 9 nitrogen and oxygen atoms in total. The molecule has 3 aromatic heterocycles. The second-order valence-corrected chi connectivity index (χ2v) is 7.45. The number of aryl methyl sites for hydroxylation is 1. The molecule has 32 heavy (non-hydrogen) atoms. The van der Waals surface area contributed by atoms with Gasteiger partial charge in [-0.3, -0.25) is 9.59 Å². The minimum Gasteiger partial charge on any atom is -0.365 e. The third-order valence-electron chi connectivity index (χ3n) is 4.94. The van der Waals surface area contributed by atoms with Gasteiger partial charge in [0.1, 0.15) is 5.02 Å². The summed E-state index contributed by atoms with van der Waals surface area (Å²) >= 11 is 6.26. The highest BCUT2D eigenvalue weighted by Gasteiger charge is 2.31. The van der Waals surface area contributed by atoms with Crippen LogP contribution in [0.15, 0.2) is 39.9 Å². The fraction of sp³-hybridized carbons (Fsp3) is 0.316. The highest BCUT2D eigenvalue weighted by atomic mass is 35.5. The molecule has 1 aliphatic heterocycles. The van der Waals surface area contributed by atoms with Gasteiger partial charge in [0.05, 0.1) is 23.1 Å². The Hall–Kier alpha value is -3.41. The molecule has 4 heterocycles. The summed E-state index contributed by atoms with van der Waals surface area (Å²) in [6.45, 7) is 3.22. The Bertz CT molecular complexity index is 1200. The minimum absolute atomic E-state index is 0.0887. The van der Waals surface area contributed by atoms with Crippen molar-refractivity contribution in [2.24, 2.45) is 0 Å². The van der Waals surface area contributed by atoms with E-state index in [4.69, 9.17) is 16.1 Å². The van der Waals surface area contributed by atoms with Gasteiger partial charge < -0.3 is 14.3 Å². The number of rotatable bonds is 3. The lowest BCUT2D eigenvalue weighted by Gasteiger charge is -2.35. The summed E-state index contributed by atoms with van der Waals surface area (Å²) in [5, 5.41) is 7.58. The Morgan fingerprint density at radius 3 is 2.44 bits per heavy atom. The summed E-state index contributed by atoms with van der Waals surface area (Å²) in [7, 11) is 0. The van der Waals surface area contributed by atoms with Crippen molar-refractivity contribution in [1.82, 2.24) is 24.8 Å². The van der Waals surface area contributed by atoms with E-state index in [9.17, 15) is 22.8 Å². The van der Waals surface area contributed by atoms with Crippen LogP contribution in [0.1, 0.15) is 21.8 Å². The molecule has 1 aliphatic rings. The molecule has 1 amide bonds. The van der Waals surface area contributed by atoms with E-state index < -0.39 is 17.3 Å². The maximum absolute atomic E-state index is 12.7. The Balaban J connectivity index is 1.49. The van der Waals surface area contributed by atoms with Gasteiger partial charge in [-0.1, -0.05) is 16.8 Å². The van der Waals surface area contributed by atoms with Crippen molar-refractivity contribution in [3.63, 3.8) is 0 Å². The normalized spacial score (nSPS) is 14.7. The van der Waals surface area contributed by atoms with Crippen molar-refractivity contribution in [3.05, 3.63) is 63.0 Å². The molecule has 1 saturated heterocycles. The zero-order chi connectivity index (χ0) is 23.0. The summed E-state index contributed by atoms with van der Waals surface area (Å²) in [4.78, 5) is 32.2. The number of hydrogen-bond acceptors (Lipinski definition) is 7. The molecular weight excluding hydrogens is 453 g/mol. The molecule has 0 radical (unpaired) electrons. The molecule has 0 atom stereocenters. The quantitative estimate of drug-likeness (QED) is 0.582. The SMILES string of the molecule is Cc1cc(C(=O)N2CCN(c3cnn(-c4ccc(C(F)(F)F)cn4)c(=O)c3Cl)CC2)on1. The molecule has 13 heteroatoms. The average Bonchev–Trinajstić information content (AvgIpc) is 3.21. The van der Waals surface area contributed by atoms with Crippen LogP contribution in [0.4, 0.5) is 18.9 Å². The number of nitrogens with zero attached hydrogens (tertiary/aromatic N) is 6. The van der Waals surface area contributed by atoms with E-state index in [1.807, 2.05) is 0 Å². The van der Waals surface area contributed by atoms with Crippen molar-refractivity contribution >= 4 is 23.2 Å². The predicted octanol–water partition coefficient (Wildman–Crippen LogP) is 2.56. The second-order valence-electron chi connectivity index (χ2n) is 7.08. The first-order valence-electron chi connectivity index (χ1n) is 9.44. The van der Waals surface area contributed by atoms with Gasteiger partial charge in [0.25, 0.3) is 11.5 Å². The first-order chi connectivity index (χ1) is 15.1. The van der Waals surface area contributed by atoms with Gasteiger partial charge in [0, 0.05) is 38.4 Å². The lowest BCUT2D eigenvalue weighted by Crippen LogP contribution is -2.49. The van der Waals surface area contributed by atoms with Crippen molar-refractivity contribution < 1.29 is 22.5 Å². The Kier molecular flexibility index (Phi) is 5.63. The third-order valence-corrected chi connectivity index (χ3v) is 5.29. The van der Waals surface area contributed by atoms with Crippen LogP contribution in [-0.4, -0.2) is 56.9 Å². The number of piperazine rings is 1. The monoisotopic (exact) mass is 468 g/mol. The van der Waals surface area contributed by atoms with Crippen molar-refractivity contribution in [2.45, 2.75) is 13.1 Å². The molecule has 0 N–H and O–H groups in total. The Labute approximate surface area is 184 Å². The number of amides is 1. The number of halogens is 4. The van der Waals surface area contributed by atoms with Gasteiger partial charge >= 0.3 is 6.18 Å². The zero-order valence-corrected chi connectivity index (χ0v) is 17.4. The number of carbonyl (C=O) groups is 1. The Morgan fingerprint density at radius 2 is 1.88 bits per heavy atom. The van der Waals surface area contributed by atoms with Crippen LogP contribution in [0.3, 0.4) is 0 Å². The largest absolute Gasteiger partial charge is 0.417 e. The fourth-order valence-corrected chi connectivity index (χ4v) is 3.51. The van der Waals surface area contributed by atoms with Crippen molar-refractivity contribution in [1.29, 1.82) is 0 Å². The molecule has 3 aromatic rings. The van der Waals surface area contributed by atoms with Crippen LogP contribution >= 0.6 is 11.6 Å². The molecule has 168 valence electrons. The van der Waals surface area contributed by atoms with E-state index >= 15 is 0 Å². The van der Waals surface area contributed by atoms with Crippen LogP contribution < -0.4 is 10.5 Å². The molecule has 0 saturated carbocycles. The van der Waals surface area contributed by atoms with Gasteiger partial charge in [-0.05, 0) is 19.1 Å². The first kappa shape index (κ1) is 21.8. The van der Waals surface area contributed by atoms with E-state index in [-0.39, 0.29) is 22.5 Å². The smallest absolute Gasteiger partial charge is 0.365 e. The number of alkyl halides is 3. The molecule has 4 rings (SSSR count). The maximum Gasteiger partial charge on any atom is 0.417 e. The highest BCUT2D eigenvalue weighted by Crippen LogP contribution is 2.29. The molecule has 0 aromatic carbocycles. The van der Waals surface area contributed by atoms with E-state index in [1.54, 1.807) is 22.8 Å². The highest BCUT2D eigenvalue weighted by molar-refractivity contribution is 6.33. The van der Waals surface area contributed by atoms with Gasteiger partial charge in [-0.25, -0.2) is 4.98 Å². The van der Waals surface area contributed by atoms with Crippen molar-refractivity contribution in [2.75, 3.05) is 31.1 Å². The van der Waals surface area contributed by atoms with Gasteiger partial charge in [-0.15, -0.1) is 0 Å². The van der Waals surface area contributed by atoms with Crippen LogP contribution in [0, 0.1) is 6.92 Å². The third kappa shape index (κ3) is 4.17. The van der Waals surface area contributed by atoms with Crippen LogP contribution in [0.2, 0.25) is 5.02 Å². The lowest BCUT2D eigenvalue weighted by molar-refractivity contribution is -0.137. The maximum atomic E-state index is 12.7. The summed E-state index contributed by atoms with van der Waals surface area (Å²) in [5.74, 6) is -0.213. The topological polar surface area (TPSA) is 97.4 Å². The molecule has 1 fully saturated rings. The van der Waals surface area contributed by atoms with Crippen LogP contribution in [0.25, 0.3) is 5.82 Å². The van der Waals surface area contributed by atoms with E-state index in [0.717, 1.165) is 16.8 Å². The number of hydrogen-bond donors (Lipinski definition) is 0. The number of carbonyl (C=O) groups excluding carboxylic acids is 1. The summed E-state index contributed by atoms with van der Waals surface area (Å²) in [6.07, 6.45) is -2.57. The van der Waals surface area contributed by atoms with Crippen LogP contribution in [-0.2, 0) is 6.18 Å². The average molecular weight is 469 g/mol. The van der Waals surface area contributed by atoms with Gasteiger partial charge in [-0.2, -0.15) is 23.0 Å². The molecule has 0 unspecified atom stereocenters. The summed E-state index contributed by atoms with van der Waals surface area (Å²) in [6, 6.07) is 3.41. The summed E-state index contributed by atoms with van der Waals surface area (Å²) < 4.78 is 44.0. The molecule has 0 spiro atoms. The lowest BCUT2D eigenvalue weighted by atomic mass is 10.2. The summed E-state index contributed by atoms with van der Waals surface area (Å²) in [5.41, 5.74) is -0.688. The molecular formula is C19H16ClF3N6O3. The number of pyridine rings is 1. The predicted molar refractivity (Wildman–Crippen MR) is 107 cm³/mol. The van der Waals surface area contributed by atoms with E-state index in [0.29, 0.717) is 43.8 Å². The number of aromatic nitrogens is 4. The van der Waals surface area contributed by atoms with Crippen LogP contribution in [0.5, 0.6) is 0 Å². The van der Waals surface area contributed by atoms with Gasteiger partial charge in [0.15, 0.2) is 5.82 Å². The van der Waals surface area contributed by atoms with E-state index in [2.05, 4.69) is 15.2 Å². The fourth-order valence-electron chi connectivity index (χ4n) is 3.26. The second kappa shape index (κ2) is 8.26. The Morgan fingerprint density at radius 1 is 1.16 bits per heavy atom. The van der Waals surface area contributed by atoms with Gasteiger partial charge in [0.2, 0.25) is 5.76 Å². The van der Waals surface area contributed by atoms with E-state index in [1.165, 1.54) is 6.20 Å². The van der Waals surface area contributed by atoms with Crippen molar-refractivity contribution in [3.8, 4) is 5.82 Å².